The van der Waals surface area contributed by atoms with Crippen LogP contribution in [0.15, 0.2) is 17.0 Å². The third-order valence-electron chi connectivity index (χ3n) is 4.44. The zero-order valence-electron chi connectivity index (χ0n) is 11.4. The first kappa shape index (κ1) is 13.9. The highest BCUT2D eigenvalue weighted by atomic mass is 32.2. The molecule has 20 heavy (non-hydrogen) atoms. The van der Waals surface area contributed by atoms with Gasteiger partial charge in [-0.25, -0.2) is 17.2 Å². The fourth-order valence-electron chi connectivity index (χ4n) is 2.82. The quantitative estimate of drug-likeness (QED) is 0.854. The summed E-state index contributed by atoms with van der Waals surface area (Å²) in [4.78, 5) is -0.0693. The van der Waals surface area contributed by atoms with Gasteiger partial charge in [-0.2, -0.15) is 0 Å². The molecule has 0 amide bonds. The van der Waals surface area contributed by atoms with Crippen molar-refractivity contribution in [1.29, 1.82) is 0 Å². The minimum atomic E-state index is -3.60. The van der Waals surface area contributed by atoms with Crippen molar-refractivity contribution in [2.24, 2.45) is 5.92 Å². The molecule has 0 bridgehead atoms. The zero-order chi connectivity index (χ0) is 14.7. The standard InChI is InChI=1S/C14H17F2NO2S/c1-7-8(2)20(18,19)13-6-12(16)11(15)5-10(13)14(7)17-9-3-4-9/h5-9,14,17H,3-4H2,1-2H3. The lowest BCUT2D eigenvalue weighted by Gasteiger charge is -2.36. The molecule has 0 aromatic heterocycles. The number of benzene rings is 1. The van der Waals surface area contributed by atoms with Gasteiger partial charge in [-0.05, 0) is 43.4 Å². The van der Waals surface area contributed by atoms with Gasteiger partial charge in [0.2, 0.25) is 0 Å². The largest absolute Gasteiger partial charge is 0.307 e. The van der Waals surface area contributed by atoms with E-state index in [1.807, 2.05) is 6.92 Å². The second-order valence-corrected chi connectivity index (χ2v) is 8.11. The maximum atomic E-state index is 13.5. The molecule has 1 aliphatic carbocycles. The number of nitrogens with one attached hydrogen (secondary N) is 1. The van der Waals surface area contributed by atoms with E-state index in [2.05, 4.69) is 5.32 Å². The van der Waals surface area contributed by atoms with E-state index in [0.717, 1.165) is 25.0 Å². The molecule has 2 aliphatic rings. The van der Waals surface area contributed by atoms with Crippen molar-refractivity contribution in [1.82, 2.24) is 5.32 Å². The van der Waals surface area contributed by atoms with Crippen molar-refractivity contribution >= 4 is 9.84 Å². The predicted molar refractivity (Wildman–Crippen MR) is 71.1 cm³/mol. The Labute approximate surface area is 117 Å². The van der Waals surface area contributed by atoms with Crippen molar-refractivity contribution in [2.45, 2.75) is 48.9 Å². The summed E-state index contributed by atoms with van der Waals surface area (Å²) in [5, 5.41) is 2.75. The minimum Gasteiger partial charge on any atom is -0.307 e. The van der Waals surface area contributed by atoms with Crippen molar-refractivity contribution in [3.05, 3.63) is 29.3 Å². The highest BCUT2D eigenvalue weighted by molar-refractivity contribution is 7.92. The van der Waals surface area contributed by atoms with Crippen LogP contribution in [0.1, 0.15) is 38.3 Å². The van der Waals surface area contributed by atoms with Gasteiger partial charge in [0.25, 0.3) is 0 Å². The highest BCUT2D eigenvalue weighted by Gasteiger charge is 2.43. The summed E-state index contributed by atoms with van der Waals surface area (Å²) in [7, 11) is -3.60. The molecule has 1 fully saturated rings. The van der Waals surface area contributed by atoms with Gasteiger partial charge in [-0.3, -0.25) is 0 Å². The molecule has 0 saturated heterocycles. The van der Waals surface area contributed by atoms with E-state index in [-0.39, 0.29) is 16.9 Å². The lowest BCUT2D eigenvalue weighted by atomic mass is 9.91. The summed E-state index contributed by atoms with van der Waals surface area (Å²) >= 11 is 0. The number of hydrogen-bond acceptors (Lipinski definition) is 3. The van der Waals surface area contributed by atoms with Gasteiger partial charge in [-0.15, -0.1) is 0 Å². The summed E-state index contributed by atoms with van der Waals surface area (Å²) in [5.74, 6) is -2.29. The average molecular weight is 301 g/mol. The van der Waals surface area contributed by atoms with Gasteiger partial charge >= 0.3 is 0 Å². The zero-order valence-corrected chi connectivity index (χ0v) is 12.2. The fourth-order valence-corrected chi connectivity index (χ4v) is 4.72. The smallest absolute Gasteiger partial charge is 0.181 e. The number of halogens is 2. The SMILES string of the molecule is CC1C(NC2CC2)c2cc(F)c(F)cc2S(=O)(=O)C1C. The molecule has 1 aliphatic heterocycles. The molecular weight excluding hydrogens is 284 g/mol. The Morgan fingerprint density at radius 1 is 1.15 bits per heavy atom. The highest BCUT2D eigenvalue weighted by Crippen LogP contribution is 2.42. The number of fused-ring (bicyclic) bond motifs is 1. The van der Waals surface area contributed by atoms with Crippen LogP contribution in [-0.4, -0.2) is 19.7 Å². The van der Waals surface area contributed by atoms with Crippen LogP contribution in [0.4, 0.5) is 8.78 Å². The Bertz CT molecular complexity index is 655. The Balaban J connectivity index is 2.17. The maximum absolute atomic E-state index is 13.5. The lowest BCUT2D eigenvalue weighted by molar-refractivity contribution is 0.352. The Morgan fingerprint density at radius 3 is 2.35 bits per heavy atom. The lowest BCUT2D eigenvalue weighted by Crippen LogP contribution is -2.42. The van der Waals surface area contributed by atoms with E-state index >= 15 is 0 Å². The number of hydrogen-bond donors (Lipinski definition) is 1. The Morgan fingerprint density at radius 2 is 1.75 bits per heavy atom. The van der Waals surface area contributed by atoms with E-state index in [1.165, 1.54) is 0 Å². The van der Waals surface area contributed by atoms with Gasteiger partial charge in [-0.1, -0.05) is 6.92 Å². The molecule has 1 aromatic carbocycles. The Hall–Kier alpha value is -1.01. The van der Waals surface area contributed by atoms with Gasteiger partial charge in [0.05, 0.1) is 10.1 Å². The van der Waals surface area contributed by atoms with Crippen LogP contribution < -0.4 is 5.32 Å². The van der Waals surface area contributed by atoms with Crippen LogP contribution >= 0.6 is 0 Å². The molecule has 110 valence electrons. The molecule has 1 saturated carbocycles. The third kappa shape index (κ3) is 2.05. The van der Waals surface area contributed by atoms with Crippen LogP contribution in [0.5, 0.6) is 0 Å². The molecule has 3 atom stereocenters. The molecule has 0 spiro atoms. The molecule has 0 radical (unpaired) electrons. The summed E-state index contributed by atoms with van der Waals surface area (Å²) in [6.45, 7) is 3.47. The van der Waals surface area contributed by atoms with Crippen LogP contribution in [0, 0.1) is 17.6 Å². The van der Waals surface area contributed by atoms with E-state index in [1.54, 1.807) is 6.92 Å². The predicted octanol–water partition coefficient (Wildman–Crippen LogP) is 2.57. The second-order valence-electron chi connectivity index (χ2n) is 5.83. The molecule has 1 aromatic rings. The van der Waals surface area contributed by atoms with E-state index in [0.29, 0.717) is 11.6 Å². The second kappa shape index (κ2) is 4.49. The van der Waals surface area contributed by atoms with Crippen molar-refractivity contribution in [2.75, 3.05) is 0 Å². The van der Waals surface area contributed by atoms with Crippen LogP contribution in [0.3, 0.4) is 0 Å². The molecular formula is C14H17F2NO2S. The Kier molecular flexibility index (Phi) is 3.14. The van der Waals surface area contributed by atoms with E-state index in [4.69, 9.17) is 0 Å². The van der Waals surface area contributed by atoms with Gasteiger partial charge in [0, 0.05) is 12.1 Å². The van der Waals surface area contributed by atoms with Gasteiger partial charge in [0.15, 0.2) is 21.5 Å². The normalized spacial score (nSPS) is 31.9. The summed E-state index contributed by atoms with van der Waals surface area (Å²) in [6.07, 6.45) is 2.09. The maximum Gasteiger partial charge on any atom is 0.181 e. The third-order valence-corrected chi connectivity index (χ3v) is 6.82. The van der Waals surface area contributed by atoms with Gasteiger partial charge in [0.1, 0.15) is 0 Å². The van der Waals surface area contributed by atoms with Crippen LogP contribution in [0.25, 0.3) is 0 Å². The first-order valence-corrected chi connectivity index (χ1v) is 8.36. The first-order chi connectivity index (χ1) is 9.32. The summed E-state index contributed by atoms with van der Waals surface area (Å²) < 4.78 is 51.7. The summed E-state index contributed by atoms with van der Waals surface area (Å²) in [5.41, 5.74) is 0.362. The van der Waals surface area contributed by atoms with E-state index in [9.17, 15) is 17.2 Å². The molecule has 1 heterocycles. The number of rotatable bonds is 2. The molecule has 6 heteroatoms. The molecule has 3 rings (SSSR count). The summed E-state index contributed by atoms with van der Waals surface area (Å²) in [6, 6.07) is 1.97. The van der Waals surface area contributed by atoms with Crippen LogP contribution in [-0.2, 0) is 9.84 Å². The topological polar surface area (TPSA) is 46.2 Å². The number of sulfone groups is 1. The van der Waals surface area contributed by atoms with Crippen molar-refractivity contribution in [3.8, 4) is 0 Å². The average Bonchev–Trinajstić information content (AvgIpc) is 3.19. The molecule has 3 unspecified atom stereocenters. The van der Waals surface area contributed by atoms with E-state index < -0.39 is 26.7 Å². The monoisotopic (exact) mass is 301 g/mol. The fraction of sp³-hybridized carbons (Fsp3) is 0.571. The minimum absolute atomic E-state index is 0.0693. The van der Waals surface area contributed by atoms with Crippen molar-refractivity contribution in [3.63, 3.8) is 0 Å². The molecule has 3 nitrogen and oxygen atoms in total. The van der Waals surface area contributed by atoms with Crippen LogP contribution in [0.2, 0.25) is 0 Å². The first-order valence-electron chi connectivity index (χ1n) is 6.81. The molecule has 1 N–H and O–H groups in total. The van der Waals surface area contributed by atoms with Gasteiger partial charge < -0.3 is 5.32 Å². The van der Waals surface area contributed by atoms with Crippen molar-refractivity contribution < 1.29 is 17.2 Å².